The van der Waals surface area contributed by atoms with E-state index in [4.69, 9.17) is 0 Å². The minimum atomic E-state index is -0.466. The number of rotatable bonds is 7. The number of nitrogens with zero attached hydrogens (tertiary/aromatic N) is 2. The second-order valence-corrected chi connectivity index (χ2v) is 18.1. The molecule has 312 valence electrons. The zero-order chi connectivity index (χ0) is 43.9. The third-order valence-corrected chi connectivity index (χ3v) is 14.7. The quantitative estimate of drug-likeness (QED) is 0.155. The molecule has 0 radical (unpaired) electrons. The molecule has 0 amide bonds. The molecule has 0 bridgehead atoms. The standard InChI is InChI=1S/C64H46N2/c1-42-19-9-10-24-49(42)50-36-33-46(39-57(50)43(2)44-20-5-3-6-21-44)65(48-35-38-56-55-28-14-18-32-62(55)66(63(56)41-48)45-22-7-4-8-23-45)47-34-37-54-53-27-13-17-31-60(53)64(61(54)40-47)58-29-15-11-25-51(58)52-26-12-16-30-59(52)64/h3-41,43H,1-2H3. The first-order valence-electron chi connectivity index (χ1n) is 23.2. The van der Waals surface area contributed by atoms with Crippen molar-refractivity contribution in [2.45, 2.75) is 25.2 Å². The Labute approximate surface area is 386 Å². The van der Waals surface area contributed by atoms with Gasteiger partial charge >= 0.3 is 0 Å². The van der Waals surface area contributed by atoms with Crippen LogP contribution in [0.15, 0.2) is 237 Å². The Kier molecular flexibility index (Phi) is 8.66. The summed E-state index contributed by atoms with van der Waals surface area (Å²) in [5.41, 5.74) is 23.3. The van der Waals surface area contributed by atoms with Crippen LogP contribution >= 0.6 is 0 Å². The monoisotopic (exact) mass is 842 g/mol. The summed E-state index contributed by atoms with van der Waals surface area (Å²) in [4.78, 5) is 2.51. The van der Waals surface area contributed by atoms with Crippen molar-refractivity contribution in [2.75, 3.05) is 4.90 Å². The maximum Gasteiger partial charge on any atom is 0.0726 e. The van der Waals surface area contributed by atoms with Crippen molar-refractivity contribution in [1.82, 2.24) is 4.57 Å². The molecular weight excluding hydrogens is 797 g/mol. The van der Waals surface area contributed by atoms with Crippen molar-refractivity contribution in [3.05, 3.63) is 276 Å². The number of aromatic nitrogens is 1. The zero-order valence-corrected chi connectivity index (χ0v) is 37.0. The van der Waals surface area contributed by atoms with Crippen LogP contribution in [-0.2, 0) is 5.41 Å². The van der Waals surface area contributed by atoms with Gasteiger partial charge in [-0.15, -0.1) is 0 Å². The van der Waals surface area contributed by atoms with Gasteiger partial charge in [0.25, 0.3) is 0 Å². The van der Waals surface area contributed by atoms with Crippen LogP contribution in [0.2, 0.25) is 0 Å². The number of anilines is 3. The van der Waals surface area contributed by atoms with Crippen LogP contribution in [0.4, 0.5) is 17.1 Å². The van der Waals surface area contributed by atoms with Crippen molar-refractivity contribution < 1.29 is 0 Å². The van der Waals surface area contributed by atoms with Gasteiger partial charge in [-0.3, -0.25) is 0 Å². The second kappa shape index (κ2) is 14.9. The number of benzene rings is 10. The van der Waals surface area contributed by atoms with Gasteiger partial charge in [-0.05, 0) is 134 Å². The molecule has 1 unspecified atom stereocenters. The molecule has 1 heterocycles. The minimum absolute atomic E-state index is 0.134. The molecule has 1 aromatic heterocycles. The highest BCUT2D eigenvalue weighted by Gasteiger charge is 2.51. The van der Waals surface area contributed by atoms with E-state index in [1.54, 1.807) is 0 Å². The normalized spacial score (nSPS) is 13.4. The average molecular weight is 843 g/mol. The fourth-order valence-electron chi connectivity index (χ4n) is 11.7. The molecule has 66 heavy (non-hydrogen) atoms. The fraction of sp³-hybridized carbons (Fsp3) is 0.0625. The van der Waals surface area contributed by atoms with Crippen LogP contribution in [0.1, 0.15) is 51.8 Å². The molecule has 13 rings (SSSR count). The molecule has 2 nitrogen and oxygen atoms in total. The summed E-state index contributed by atoms with van der Waals surface area (Å²) in [6, 6.07) is 88.2. The maximum atomic E-state index is 2.51. The predicted molar refractivity (Wildman–Crippen MR) is 276 cm³/mol. The van der Waals surface area contributed by atoms with Crippen LogP contribution in [-0.4, -0.2) is 4.57 Å². The van der Waals surface area contributed by atoms with Crippen LogP contribution in [0.5, 0.6) is 0 Å². The predicted octanol–water partition coefficient (Wildman–Crippen LogP) is 16.7. The Morgan fingerprint density at radius 1 is 0.379 bits per heavy atom. The van der Waals surface area contributed by atoms with Gasteiger partial charge in [-0.2, -0.15) is 0 Å². The lowest BCUT2D eigenvalue weighted by Crippen LogP contribution is -2.26. The van der Waals surface area contributed by atoms with Gasteiger partial charge < -0.3 is 9.47 Å². The topological polar surface area (TPSA) is 8.17 Å². The Hall–Kier alpha value is -8.20. The molecule has 2 aliphatic rings. The lowest BCUT2D eigenvalue weighted by atomic mass is 9.70. The van der Waals surface area contributed by atoms with Crippen molar-refractivity contribution in [3.63, 3.8) is 0 Å². The molecule has 2 heteroatoms. The van der Waals surface area contributed by atoms with Crippen LogP contribution in [0.25, 0.3) is 60.9 Å². The van der Waals surface area contributed by atoms with Gasteiger partial charge in [0.2, 0.25) is 0 Å². The molecule has 10 aromatic carbocycles. The van der Waals surface area contributed by atoms with E-state index in [0.717, 1.165) is 22.7 Å². The molecule has 1 spiro atoms. The summed E-state index contributed by atoms with van der Waals surface area (Å²) < 4.78 is 2.43. The third-order valence-electron chi connectivity index (χ3n) is 14.7. The van der Waals surface area contributed by atoms with Crippen molar-refractivity contribution in [2.24, 2.45) is 0 Å². The summed E-state index contributed by atoms with van der Waals surface area (Å²) in [6.45, 7) is 4.58. The first kappa shape index (κ1) is 38.3. The van der Waals surface area contributed by atoms with Crippen molar-refractivity contribution in [1.29, 1.82) is 0 Å². The highest BCUT2D eigenvalue weighted by molar-refractivity contribution is 6.10. The minimum Gasteiger partial charge on any atom is -0.310 e. The molecule has 2 aliphatic carbocycles. The Morgan fingerprint density at radius 3 is 1.53 bits per heavy atom. The Morgan fingerprint density at radius 2 is 0.864 bits per heavy atom. The van der Waals surface area contributed by atoms with E-state index in [2.05, 4.69) is 260 Å². The molecule has 0 saturated heterocycles. The lowest BCUT2D eigenvalue weighted by Gasteiger charge is -2.32. The van der Waals surface area contributed by atoms with Crippen LogP contribution in [0.3, 0.4) is 0 Å². The second-order valence-electron chi connectivity index (χ2n) is 18.1. The highest BCUT2D eigenvalue weighted by atomic mass is 15.1. The van der Waals surface area contributed by atoms with Gasteiger partial charge in [0, 0.05) is 39.4 Å². The van der Waals surface area contributed by atoms with Crippen LogP contribution in [0, 0.1) is 6.92 Å². The Balaban J connectivity index is 1.10. The van der Waals surface area contributed by atoms with E-state index in [-0.39, 0.29) is 5.92 Å². The smallest absolute Gasteiger partial charge is 0.0726 e. The molecule has 0 aliphatic heterocycles. The average Bonchev–Trinajstić information content (AvgIpc) is 3.98. The van der Waals surface area contributed by atoms with Gasteiger partial charge in [0.15, 0.2) is 0 Å². The third kappa shape index (κ3) is 5.55. The Bertz CT molecular complexity index is 3630. The summed E-state index contributed by atoms with van der Waals surface area (Å²) >= 11 is 0. The van der Waals surface area contributed by atoms with E-state index in [0.29, 0.717) is 0 Å². The van der Waals surface area contributed by atoms with E-state index >= 15 is 0 Å². The summed E-state index contributed by atoms with van der Waals surface area (Å²) in [7, 11) is 0. The first-order chi connectivity index (χ1) is 32.6. The highest BCUT2D eigenvalue weighted by Crippen LogP contribution is 2.63. The molecule has 11 aromatic rings. The summed E-state index contributed by atoms with van der Waals surface area (Å²) in [6.07, 6.45) is 0. The van der Waals surface area contributed by atoms with E-state index in [1.165, 1.54) is 94.1 Å². The molecule has 0 fully saturated rings. The van der Waals surface area contributed by atoms with Gasteiger partial charge in [-0.25, -0.2) is 0 Å². The number of hydrogen-bond acceptors (Lipinski definition) is 1. The van der Waals surface area contributed by atoms with Crippen molar-refractivity contribution >= 4 is 38.9 Å². The van der Waals surface area contributed by atoms with Crippen molar-refractivity contribution in [3.8, 4) is 39.1 Å². The lowest BCUT2D eigenvalue weighted by molar-refractivity contribution is 0.793. The summed E-state index contributed by atoms with van der Waals surface area (Å²) in [5.74, 6) is 0.134. The van der Waals surface area contributed by atoms with E-state index < -0.39 is 5.41 Å². The largest absolute Gasteiger partial charge is 0.310 e. The number of fused-ring (bicyclic) bond motifs is 13. The van der Waals surface area contributed by atoms with Gasteiger partial charge in [0.05, 0.1) is 16.4 Å². The zero-order valence-electron chi connectivity index (χ0n) is 37.0. The SMILES string of the molecule is Cc1ccccc1-c1ccc(N(c2ccc3c(c2)C2(c4ccccc4-c4ccccc42)c2ccccc2-3)c2ccc3c4ccccc4n(-c4ccccc4)c3c2)cc1C(C)c1ccccc1. The van der Waals surface area contributed by atoms with Crippen LogP contribution < -0.4 is 4.90 Å². The molecule has 0 saturated carbocycles. The number of hydrogen-bond donors (Lipinski definition) is 0. The number of aryl methyl sites for hydroxylation is 1. The molecule has 0 N–H and O–H groups in total. The maximum absolute atomic E-state index is 2.51. The van der Waals surface area contributed by atoms with Gasteiger partial charge in [0.1, 0.15) is 0 Å². The summed E-state index contributed by atoms with van der Waals surface area (Å²) in [5, 5.41) is 2.47. The first-order valence-corrected chi connectivity index (χ1v) is 23.2. The fourth-order valence-corrected chi connectivity index (χ4v) is 11.7. The number of para-hydroxylation sites is 2. The van der Waals surface area contributed by atoms with E-state index in [9.17, 15) is 0 Å². The molecule has 1 atom stereocenters. The molecular formula is C64H46N2. The van der Waals surface area contributed by atoms with E-state index in [1.807, 2.05) is 0 Å². The van der Waals surface area contributed by atoms with Gasteiger partial charge in [-0.1, -0.05) is 189 Å².